The zero-order valence-electron chi connectivity index (χ0n) is 18.8. The molecule has 1 aliphatic carbocycles. The van der Waals surface area contributed by atoms with Crippen molar-refractivity contribution in [2.45, 2.75) is 44.4 Å². The molecular formula is C26H26F2N4O2. The zero-order chi connectivity index (χ0) is 23.8. The molecule has 4 aromatic rings. The lowest BCUT2D eigenvalue weighted by molar-refractivity contribution is 0.0718. The van der Waals surface area contributed by atoms with Crippen molar-refractivity contribution in [3.8, 4) is 11.1 Å². The van der Waals surface area contributed by atoms with Crippen molar-refractivity contribution in [3.63, 3.8) is 0 Å². The van der Waals surface area contributed by atoms with Crippen molar-refractivity contribution >= 4 is 16.8 Å². The van der Waals surface area contributed by atoms with Crippen molar-refractivity contribution in [1.29, 1.82) is 0 Å². The van der Waals surface area contributed by atoms with Gasteiger partial charge in [-0.2, -0.15) is 5.10 Å². The lowest BCUT2D eigenvalue weighted by atomic mass is 9.92. The second kappa shape index (κ2) is 9.02. The van der Waals surface area contributed by atoms with Crippen LogP contribution in [0.5, 0.6) is 0 Å². The highest BCUT2D eigenvalue weighted by Gasteiger charge is 2.27. The number of carbonyl (C=O) groups is 1. The summed E-state index contributed by atoms with van der Waals surface area (Å²) in [4.78, 5) is 13.1. The molecule has 176 valence electrons. The zero-order valence-corrected chi connectivity index (χ0v) is 18.8. The Morgan fingerprint density at radius 1 is 1.12 bits per heavy atom. The predicted octanol–water partition coefficient (Wildman–Crippen LogP) is 4.40. The quantitative estimate of drug-likeness (QED) is 0.460. The fourth-order valence-corrected chi connectivity index (χ4v) is 4.75. The highest BCUT2D eigenvalue weighted by molar-refractivity contribution is 6.07. The average Bonchev–Trinajstić information content (AvgIpc) is 3.41. The molecule has 0 saturated heterocycles. The van der Waals surface area contributed by atoms with E-state index in [9.17, 15) is 14.3 Å². The third kappa shape index (κ3) is 4.21. The topological polar surface area (TPSA) is 72.1 Å². The second-order valence-electron chi connectivity index (χ2n) is 8.95. The third-order valence-corrected chi connectivity index (χ3v) is 6.58. The first-order valence-electron chi connectivity index (χ1n) is 11.4. The molecular weight excluding hydrogens is 438 g/mol. The summed E-state index contributed by atoms with van der Waals surface area (Å²) >= 11 is 0. The number of amides is 1. The van der Waals surface area contributed by atoms with Crippen LogP contribution in [0.25, 0.3) is 22.0 Å². The summed E-state index contributed by atoms with van der Waals surface area (Å²) in [5, 5.41) is 17.4. The molecule has 2 aromatic heterocycles. The molecule has 1 aliphatic rings. The van der Waals surface area contributed by atoms with Crippen molar-refractivity contribution < 1.29 is 18.7 Å². The van der Waals surface area contributed by atoms with Crippen molar-refractivity contribution in [1.82, 2.24) is 19.7 Å². The summed E-state index contributed by atoms with van der Waals surface area (Å²) in [6, 6.07) is 9.21. The fourth-order valence-electron chi connectivity index (χ4n) is 4.75. The van der Waals surface area contributed by atoms with Crippen molar-refractivity contribution in [2.24, 2.45) is 7.05 Å². The van der Waals surface area contributed by atoms with Crippen LogP contribution in [-0.4, -0.2) is 37.5 Å². The van der Waals surface area contributed by atoms with Crippen molar-refractivity contribution in [2.75, 3.05) is 0 Å². The Labute approximate surface area is 195 Å². The van der Waals surface area contributed by atoms with E-state index in [2.05, 4.69) is 10.4 Å². The number of aryl methyl sites for hydroxylation is 1. The van der Waals surface area contributed by atoms with Crippen LogP contribution in [0.1, 0.15) is 41.6 Å². The second-order valence-corrected chi connectivity index (χ2v) is 8.95. The number of fused-ring (bicyclic) bond motifs is 1. The van der Waals surface area contributed by atoms with Gasteiger partial charge in [0.15, 0.2) is 0 Å². The first-order chi connectivity index (χ1) is 16.4. The maximum absolute atomic E-state index is 15.0. The number of carbonyl (C=O) groups excluding carboxylic acids is 1. The fraction of sp³-hybridized carbons (Fsp3) is 0.308. The monoisotopic (exact) mass is 464 g/mol. The number of aliphatic hydroxyl groups excluding tert-OH is 1. The van der Waals surface area contributed by atoms with Crippen LogP contribution in [0, 0.1) is 11.6 Å². The Kier molecular flexibility index (Phi) is 5.91. The van der Waals surface area contributed by atoms with Gasteiger partial charge in [0, 0.05) is 36.0 Å². The molecule has 0 unspecified atom stereocenters. The summed E-state index contributed by atoms with van der Waals surface area (Å²) in [6.45, 7) is 0.137. The molecule has 1 amide bonds. The third-order valence-electron chi connectivity index (χ3n) is 6.58. The summed E-state index contributed by atoms with van der Waals surface area (Å²) < 4.78 is 33.2. The first-order valence-corrected chi connectivity index (χ1v) is 11.4. The van der Waals surface area contributed by atoms with Gasteiger partial charge >= 0.3 is 0 Å². The number of rotatable bonds is 5. The van der Waals surface area contributed by atoms with Gasteiger partial charge in [-0.25, -0.2) is 8.78 Å². The van der Waals surface area contributed by atoms with E-state index in [0.717, 1.165) is 18.4 Å². The number of nitrogens with one attached hydrogen (secondary N) is 1. The van der Waals surface area contributed by atoms with Gasteiger partial charge in [0.05, 0.1) is 36.0 Å². The summed E-state index contributed by atoms with van der Waals surface area (Å²) in [6.07, 6.45) is 7.60. The van der Waals surface area contributed by atoms with Gasteiger partial charge in [0.25, 0.3) is 5.91 Å². The molecule has 1 saturated carbocycles. The average molecular weight is 465 g/mol. The van der Waals surface area contributed by atoms with Crippen LogP contribution in [0.3, 0.4) is 0 Å². The SMILES string of the molecule is Cn1cc(-c2ccc(Cn3cc(C(=O)N[C@@H]4CCCC[C@H]4O)c4c(F)cccc43)c(F)c2)cn1. The lowest BCUT2D eigenvalue weighted by Gasteiger charge is -2.28. The molecule has 5 rings (SSSR count). The van der Waals surface area contributed by atoms with Crippen LogP contribution < -0.4 is 5.32 Å². The molecule has 6 nitrogen and oxygen atoms in total. The normalized spacial score (nSPS) is 18.4. The van der Waals surface area contributed by atoms with E-state index in [4.69, 9.17) is 0 Å². The van der Waals surface area contributed by atoms with Crippen LogP contribution >= 0.6 is 0 Å². The Morgan fingerprint density at radius 3 is 2.68 bits per heavy atom. The standard InChI is InChI=1S/C26H26F2N4O2/c1-31-13-18(12-29-31)16-9-10-17(21(28)11-16)14-32-15-19(25-20(27)5-4-7-23(25)32)26(34)30-22-6-2-3-8-24(22)33/h4-5,7,9-13,15,22,24,33H,2-3,6,8,14H2,1H3,(H,30,34)/t22-,24-/m1/s1. The van der Waals surface area contributed by atoms with E-state index in [1.54, 1.807) is 46.9 Å². The predicted molar refractivity (Wildman–Crippen MR) is 125 cm³/mol. The minimum Gasteiger partial charge on any atom is -0.391 e. The molecule has 0 spiro atoms. The number of aromatic nitrogens is 3. The highest BCUT2D eigenvalue weighted by atomic mass is 19.1. The minimum absolute atomic E-state index is 0.137. The van der Waals surface area contributed by atoms with Gasteiger partial charge in [-0.1, -0.05) is 31.0 Å². The largest absolute Gasteiger partial charge is 0.391 e. The molecule has 8 heteroatoms. The van der Waals surface area contributed by atoms with Gasteiger partial charge in [0.2, 0.25) is 0 Å². The molecule has 2 N–H and O–H groups in total. The van der Waals surface area contributed by atoms with E-state index >= 15 is 4.39 Å². The van der Waals surface area contributed by atoms with Crippen LogP contribution in [0.4, 0.5) is 8.78 Å². The summed E-state index contributed by atoms with van der Waals surface area (Å²) in [5.74, 6) is -1.35. The Morgan fingerprint density at radius 2 is 1.94 bits per heavy atom. The van der Waals surface area contributed by atoms with E-state index in [-0.39, 0.29) is 23.5 Å². The molecule has 2 atom stereocenters. The van der Waals surface area contributed by atoms with E-state index in [1.165, 1.54) is 12.1 Å². The summed E-state index contributed by atoms with van der Waals surface area (Å²) in [7, 11) is 1.80. The molecule has 0 radical (unpaired) electrons. The van der Waals surface area contributed by atoms with Gasteiger partial charge in [0.1, 0.15) is 11.6 Å². The smallest absolute Gasteiger partial charge is 0.253 e. The number of nitrogens with zero attached hydrogens (tertiary/aromatic N) is 3. The van der Waals surface area contributed by atoms with E-state index in [1.807, 2.05) is 12.3 Å². The number of aliphatic hydroxyl groups is 1. The van der Waals surface area contributed by atoms with E-state index in [0.29, 0.717) is 29.5 Å². The van der Waals surface area contributed by atoms with Gasteiger partial charge < -0.3 is 15.0 Å². The Bertz CT molecular complexity index is 1360. The number of halogens is 2. The molecule has 1 fully saturated rings. The molecule has 0 aliphatic heterocycles. The van der Waals surface area contributed by atoms with Crippen LogP contribution in [-0.2, 0) is 13.6 Å². The molecule has 2 aromatic carbocycles. The maximum Gasteiger partial charge on any atom is 0.253 e. The Balaban J connectivity index is 1.46. The first kappa shape index (κ1) is 22.3. The maximum atomic E-state index is 15.0. The molecule has 0 bridgehead atoms. The van der Waals surface area contributed by atoms with Gasteiger partial charge in [-0.15, -0.1) is 0 Å². The number of hydrogen-bond donors (Lipinski definition) is 2. The minimum atomic E-state index is -0.608. The van der Waals surface area contributed by atoms with E-state index < -0.39 is 23.6 Å². The number of hydrogen-bond acceptors (Lipinski definition) is 3. The highest BCUT2D eigenvalue weighted by Crippen LogP contribution is 2.28. The van der Waals surface area contributed by atoms with Gasteiger partial charge in [-0.3, -0.25) is 9.48 Å². The Hall–Kier alpha value is -3.52. The summed E-state index contributed by atoms with van der Waals surface area (Å²) in [5.41, 5.74) is 2.63. The van der Waals surface area contributed by atoms with Crippen LogP contribution in [0.2, 0.25) is 0 Å². The lowest BCUT2D eigenvalue weighted by Crippen LogP contribution is -2.45. The molecule has 2 heterocycles. The van der Waals surface area contributed by atoms with Crippen LogP contribution in [0.15, 0.2) is 55.0 Å². The molecule has 34 heavy (non-hydrogen) atoms. The number of benzene rings is 2. The van der Waals surface area contributed by atoms with Crippen molar-refractivity contribution in [3.05, 3.63) is 77.8 Å². The van der Waals surface area contributed by atoms with Gasteiger partial charge in [-0.05, 0) is 36.6 Å².